The van der Waals surface area contributed by atoms with E-state index in [1.807, 2.05) is 0 Å². The van der Waals surface area contributed by atoms with Crippen LogP contribution in [0.4, 0.5) is 10.1 Å². The topological polar surface area (TPSA) is 61.2 Å². The van der Waals surface area contributed by atoms with Crippen molar-refractivity contribution in [3.05, 3.63) is 63.4 Å². The number of halogens is 2. The van der Waals surface area contributed by atoms with Gasteiger partial charge in [0.15, 0.2) is 5.58 Å². The molecule has 0 bridgehead atoms. The predicted octanol–water partition coefficient (Wildman–Crippen LogP) is 3.02. The fourth-order valence-corrected chi connectivity index (χ4v) is 2.32. The molecule has 1 aromatic heterocycles. The zero-order valence-corrected chi connectivity index (χ0v) is 11.0. The first-order chi connectivity index (χ1) is 9.58. The summed E-state index contributed by atoms with van der Waals surface area (Å²) in [5.41, 5.74) is 7.15. The summed E-state index contributed by atoms with van der Waals surface area (Å²) in [7, 11) is 0. The number of hydrogen-bond acceptors (Lipinski definition) is 3. The largest absolute Gasteiger partial charge is 0.420 e. The summed E-state index contributed by atoms with van der Waals surface area (Å²) in [6, 6.07) is 9.39. The van der Waals surface area contributed by atoms with E-state index in [4.69, 9.17) is 21.8 Å². The molecule has 2 aromatic carbocycles. The Bertz CT molecular complexity index is 834. The molecule has 1 heterocycles. The van der Waals surface area contributed by atoms with Crippen molar-refractivity contribution in [1.29, 1.82) is 0 Å². The quantitative estimate of drug-likeness (QED) is 0.739. The molecule has 0 fully saturated rings. The fraction of sp³-hybridized carbons (Fsp3) is 0.0714. The monoisotopic (exact) mass is 292 g/mol. The van der Waals surface area contributed by atoms with Gasteiger partial charge in [-0.2, -0.15) is 0 Å². The van der Waals surface area contributed by atoms with E-state index in [0.717, 1.165) is 0 Å². The van der Waals surface area contributed by atoms with Crippen molar-refractivity contribution in [2.75, 3.05) is 5.73 Å². The first-order valence-corrected chi connectivity index (χ1v) is 6.26. The van der Waals surface area contributed by atoms with Crippen LogP contribution in [0.3, 0.4) is 0 Å². The number of nitrogen functional groups attached to an aromatic ring is 1. The van der Waals surface area contributed by atoms with E-state index in [9.17, 15) is 9.18 Å². The van der Waals surface area contributed by atoms with E-state index in [1.54, 1.807) is 24.3 Å². The third-order valence-electron chi connectivity index (χ3n) is 3.10. The molecule has 6 heteroatoms. The van der Waals surface area contributed by atoms with Crippen LogP contribution in [0.15, 0.2) is 45.6 Å². The lowest BCUT2D eigenvalue weighted by molar-refractivity contribution is 0.513. The van der Waals surface area contributed by atoms with Crippen molar-refractivity contribution in [3.8, 4) is 0 Å². The Morgan fingerprint density at radius 3 is 2.75 bits per heavy atom. The van der Waals surface area contributed by atoms with Gasteiger partial charge in [0.25, 0.3) is 0 Å². The molecule has 0 amide bonds. The summed E-state index contributed by atoms with van der Waals surface area (Å²) in [5.74, 6) is -1.07. The molecule has 2 N–H and O–H groups in total. The number of aromatic nitrogens is 1. The third-order valence-corrected chi connectivity index (χ3v) is 3.46. The van der Waals surface area contributed by atoms with Crippen LogP contribution in [-0.2, 0) is 6.54 Å². The second kappa shape index (κ2) is 4.68. The van der Waals surface area contributed by atoms with Gasteiger partial charge in [-0.1, -0.05) is 23.7 Å². The van der Waals surface area contributed by atoms with Gasteiger partial charge in [0, 0.05) is 10.6 Å². The summed E-state index contributed by atoms with van der Waals surface area (Å²) >= 11 is 5.97. The minimum atomic E-state index is -0.600. The number of hydrogen-bond donors (Lipinski definition) is 1. The molecule has 4 nitrogen and oxygen atoms in total. The molecule has 3 rings (SSSR count). The Morgan fingerprint density at radius 1 is 1.25 bits per heavy atom. The maximum atomic E-state index is 13.8. The highest BCUT2D eigenvalue weighted by atomic mass is 35.5. The van der Waals surface area contributed by atoms with E-state index >= 15 is 0 Å². The molecule has 0 radical (unpaired) electrons. The van der Waals surface area contributed by atoms with Crippen molar-refractivity contribution in [2.24, 2.45) is 0 Å². The fourth-order valence-electron chi connectivity index (χ4n) is 2.10. The first kappa shape index (κ1) is 12.7. The van der Waals surface area contributed by atoms with E-state index < -0.39 is 11.6 Å². The van der Waals surface area contributed by atoms with Gasteiger partial charge < -0.3 is 10.2 Å². The number of oxazole rings is 1. The van der Waals surface area contributed by atoms with Crippen LogP contribution in [0, 0.1) is 5.82 Å². The molecule has 0 unspecified atom stereocenters. The molecular formula is C14H10ClFN2O2. The van der Waals surface area contributed by atoms with Gasteiger partial charge in [-0.05, 0) is 24.3 Å². The van der Waals surface area contributed by atoms with E-state index in [1.165, 1.54) is 16.7 Å². The zero-order valence-electron chi connectivity index (χ0n) is 10.3. The van der Waals surface area contributed by atoms with Crippen LogP contribution in [0.25, 0.3) is 11.1 Å². The zero-order chi connectivity index (χ0) is 14.3. The van der Waals surface area contributed by atoms with Gasteiger partial charge in [-0.15, -0.1) is 0 Å². The van der Waals surface area contributed by atoms with E-state index in [2.05, 4.69) is 0 Å². The number of nitrogens with zero attached hydrogens (tertiary/aromatic N) is 1. The molecule has 0 saturated heterocycles. The smallest absolute Gasteiger partial charge is 0.405 e. The highest BCUT2D eigenvalue weighted by Crippen LogP contribution is 2.23. The third kappa shape index (κ3) is 1.96. The first-order valence-electron chi connectivity index (χ1n) is 5.88. The van der Waals surface area contributed by atoms with Crippen molar-refractivity contribution >= 4 is 28.4 Å². The Labute approximate surface area is 118 Å². The van der Waals surface area contributed by atoms with Gasteiger partial charge in [0.1, 0.15) is 5.82 Å². The second-order valence-corrected chi connectivity index (χ2v) is 4.76. The molecule has 0 aliphatic carbocycles. The standard InChI is InChI=1S/C14H10ClFN2O2/c15-9-3-1-4-10(16)8(9)7-18-12-6-2-5-11(17)13(12)20-14(18)19/h1-6H,7,17H2. The SMILES string of the molecule is Nc1cccc2c1oc(=O)n2Cc1c(F)cccc1Cl. The van der Waals surface area contributed by atoms with Crippen molar-refractivity contribution in [1.82, 2.24) is 4.57 Å². The van der Waals surface area contributed by atoms with E-state index in [0.29, 0.717) is 16.8 Å². The van der Waals surface area contributed by atoms with Gasteiger partial charge in [-0.25, -0.2) is 9.18 Å². The molecule has 102 valence electrons. The van der Waals surface area contributed by atoms with Crippen molar-refractivity contribution in [2.45, 2.75) is 6.54 Å². The molecule has 0 aliphatic heterocycles. The number of anilines is 1. The predicted molar refractivity (Wildman–Crippen MR) is 75.4 cm³/mol. The Morgan fingerprint density at radius 2 is 2.00 bits per heavy atom. The molecule has 3 aromatic rings. The highest BCUT2D eigenvalue weighted by molar-refractivity contribution is 6.31. The average Bonchev–Trinajstić information content (AvgIpc) is 2.72. The van der Waals surface area contributed by atoms with Gasteiger partial charge in [0.2, 0.25) is 0 Å². The highest BCUT2D eigenvalue weighted by Gasteiger charge is 2.15. The minimum Gasteiger partial charge on any atom is -0.405 e. The van der Waals surface area contributed by atoms with Crippen LogP contribution < -0.4 is 11.5 Å². The van der Waals surface area contributed by atoms with Gasteiger partial charge in [0.05, 0.1) is 17.7 Å². The van der Waals surface area contributed by atoms with Crippen molar-refractivity contribution in [3.63, 3.8) is 0 Å². The van der Waals surface area contributed by atoms with Gasteiger partial charge in [-0.3, -0.25) is 4.57 Å². The van der Waals surface area contributed by atoms with Crippen LogP contribution in [0.2, 0.25) is 5.02 Å². The maximum absolute atomic E-state index is 13.8. The molecule has 20 heavy (non-hydrogen) atoms. The normalized spacial score (nSPS) is 11.1. The summed E-state index contributed by atoms with van der Waals surface area (Å²) in [6.07, 6.45) is 0. The number of rotatable bonds is 2. The Hall–Kier alpha value is -2.27. The van der Waals surface area contributed by atoms with Gasteiger partial charge >= 0.3 is 5.76 Å². The van der Waals surface area contributed by atoms with Crippen LogP contribution in [0.1, 0.15) is 5.56 Å². The summed E-state index contributed by atoms with van der Waals surface area (Å²) in [4.78, 5) is 11.9. The van der Waals surface area contributed by atoms with Crippen LogP contribution in [0.5, 0.6) is 0 Å². The second-order valence-electron chi connectivity index (χ2n) is 4.35. The Kier molecular flexibility index (Phi) is 2.99. The lowest BCUT2D eigenvalue weighted by Gasteiger charge is -2.06. The Balaban J connectivity index is 2.19. The number of para-hydroxylation sites is 1. The lowest BCUT2D eigenvalue weighted by Crippen LogP contribution is -2.15. The number of fused-ring (bicyclic) bond motifs is 1. The summed E-state index contributed by atoms with van der Waals surface area (Å²) in [6.45, 7) is -0.0131. The average molecular weight is 293 g/mol. The summed E-state index contributed by atoms with van der Waals surface area (Å²) < 4.78 is 20.2. The maximum Gasteiger partial charge on any atom is 0.420 e. The molecule has 0 atom stereocenters. The molecule has 0 aliphatic rings. The number of benzene rings is 2. The molecular weight excluding hydrogens is 283 g/mol. The van der Waals surface area contributed by atoms with Crippen molar-refractivity contribution < 1.29 is 8.81 Å². The van der Waals surface area contributed by atoms with Crippen LogP contribution in [-0.4, -0.2) is 4.57 Å². The van der Waals surface area contributed by atoms with Crippen LogP contribution >= 0.6 is 11.6 Å². The van der Waals surface area contributed by atoms with E-state index in [-0.39, 0.29) is 17.1 Å². The lowest BCUT2D eigenvalue weighted by atomic mass is 10.2. The molecule has 0 spiro atoms. The number of nitrogens with two attached hydrogens (primary N) is 1. The molecule has 0 saturated carbocycles. The minimum absolute atomic E-state index is 0.0131. The summed E-state index contributed by atoms with van der Waals surface area (Å²) in [5, 5.41) is 0.259.